The Morgan fingerprint density at radius 3 is 1.59 bits per heavy atom. The zero-order valence-corrected chi connectivity index (χ0v) is 30.6. The first-order valence-corrected chi connectivity index (χ1v) is 18.5. The maximum atomic E-state index is 13.0. The normalized spacial score (nSPS) is 11.9. The average Bonchev–Trinajstić information content (AvgIpc) is 3.52. The van der Waals surface area contributed by atoms with Crippen LogP contribution < -0.4 is 0 Å². The molecule has 2 aromatic carbocycles. The summed E-state index contributed by atoms with van der Waals surface area (Å²) >= 11 is 8.85. The number of pyridine rings is 2. The second-order valence-electron chi connectivity index (χ2n) is 10.1. The van der Waals surface area contributed by atoms with Gasteiger partial charge < -0.3 is 0 Å². The third kappa shape index (κ3) is 6.29. The molecule has 0 aliphatic heterocycles. The van der Waals surface area contributed by atoms with E-state index >= 15 is 0 Å². The molecular formula is C31H25Br2IN4O4S2. The molecule has 226 valence electrons. The van der Waals surface area contributed by atoms with E-state index in [4.69, 9.17) is 0 Å². The van der Waals surface area contributed by atoms with E-state index in [-0.39, 0.29) is 9.79 Å². The van der Waals surface area contributed by atoms with Crippen LogP contribution in [0.5, 0.6) is 0 Å². The summed E-state index contributed by atoms with van der Waals surface area (Å²) in [5.41, 5.74) is 4.40. The summed E-state index contributed by atoms with van der Waals surface area (Å²) in [5.74, 6) is 0. The van der Waals surface area contributed by atoms with Crippen molar-refractivity contribution >= 4 is 102 Å². The fourth-order valence-electron chi connectivity index (χ4n) is 4.43. The van der Waals surface area contributed by atoms with Crippen molar-refractivity contribution in [1.29, 1.82) is 0 Å². The van der Waals surface area contributed by atoms with E-state index in [0.29, 0.717) is 11.3 Å². The molecule has 0 aliphatic rings. The number of hydrogen-bond donors (Lipinski definition) is 0. The van der Waals surface area contributed by atoms with Crippen molar-refractivity contribution in [3.63, 3.8) is 0 Å². The van der Waals surface area contributed by atoms with Gasteiger partial charge in [-0.2, -0.15) is 0 Å². The maximum absolute atomic E-state index is 13.0. The van der Waals surface area contributed by atoms with Crippen LogP contribution in [0.1, 0.15) is 23.6 Å². The standard InChI is InChI=1S/C17H15BrN2O2S.C14H10BrIN2O2S/c1-11(2)16-10-20(17-15(16)8-13(18)9-19-17)23(21,22)14-6-4-12(3)5-7-14;1-9-2-4-11(5-3-9)21(19,20)18-8-13(16)12-6-10(15)7-17-14(12)18/h4-10H,1H2,2-3H3;2-8H,1H3. The smallest absolute Gasteiger partial charge is 0.236 e. The minimum absolute atomic E-state index is 0.234. The summed E-state index contributed by atoms with van der Waals surface area (Å²) in [6.07, 6.45) is 6.37. The van der Waals surface area contributed by atoms with Gasteiger partial charge in [-0.3, -0.25) is 0 Å². The second kappa shape index (κ2) is 12.5. The molecule has 6 rings (SSSR count). The highest BCUT2D eigenvalue weighted by Gasteiger charge is 2.23. The number of benzene rings is 2. The molecule has 0 saturated carbocycles. The lowest BCUT2D eigenvalue weighted by atomic mass is 10.1. The first-order valence-electron chi connectivity index (χ1n) is 13.0. The fourth-order valence-corrected chi connectivity index (χ4v) is 8.60. The Kier molecular flexibility index (Phi) is 9.25. The molecule has 8 nitrogen and oxygen atoms in total. The molecule has 0 fully saturated rings. The van der Waals surface area contributed by atoms with Gasteiger partial charge in [-0.15, -0.1) is 0 Å². The van der Waals surface area contributed by atoms with Crippen LogP contribution >= 0.6 is 54.5 Å². The topological polar surface area (TPSA) is 104 Å². The van der Waals surface area contributed by atoms with Gasteiger partial charge in [0.15, 0.2) is 11.3 Å². The maximum Gasteiger partial charge on any atom is 0.269 e. The molecule has 0 atom stereocenters. The Hall–Kier alpha value is -2.85. The number of nitrogens with zero attached hydrogens (tertiary/aromatic N) is 4. The minimum atomic E-state index is -3.71. The Balaban J connectivity index is 0.000000175. The molecule has 0 aliphatic carbocycles. The van der Waals surface area contributed by atoms with Crippen LogP contribution in [0.3, 0.4) is 0 Å². The van der Waals surface area contributed by atoms with Gasteiger partial charge in [-0.25, -0.2) is 34.7 Å². The van der Waals surface area contributed by atoms with E-state index in [0.717, 1.165) is 45.6 Å². The van der Waals surface area contributed by atoms with Crippen molar-refractivity contribution in [3.05, 3.63) is 121 Å². The molecule has 0 radical (unpaired) electrons. The predicted molar refractivity (Wildman–Crippen MR) is 190 cm³/mol. The number of hydrogen-bond acceptors (Lipinski definition) is 6. The third-order valence-corrected chi connectivity index (χ3v) is 11.8. The second-order valence-corrected chi connectivity index (χ2v) is 16.7. The summed E-state index contributed by atoms with van der Waals surface area (Å²) in [7, 11) is -7.35. The molecule has 44 heavy (non-hydrogen) atoms. The first kappa shape index (κ1) is 32.5. The molecule has 6 aromatic rings. The van der Waals surface area contributed by atoms with Crippen LogP contribution in [0.2, 0.25) is 0 Å². The average molecular weight is 868 g/mol. The number of fused-ring (bicyclic) bond motifs is 2. The van der Waals surface area contributed by atoms with Crippen molar-refractivity contribution in [2.45, 2.75) is 30.6 Å². The Bertz CT molecular complexity index is 2280. The quantitative estimate of drug-likeness (QED) is 0.162. The molecule has 4 heterocycles. The van der Waals surface area contributed by atoms with Gasteiger partial charge in [-0.05, 0) is 117 Å². The van der Waals surface area contributed by atoms with E-state index in [1.165, 1.54) is 7.94 Å². The van der Waals surface area contributed by atoms with E-state index in [1.807, 2.05) is 32.9 Å². The van der Waals surface area contributed by atoms with E-state index in [9.17, 15) is 16.8 Å². The number of halogens is 3. The van der Waals surface area contributed by atoms with Crippen molar-refractivity contribution in [2.24, 2.45) is 0 Å². The van der Waals surface area contributed by atoms with Gasteiger partial charge in [0.2, 0.25) is 0 Å². The molecule has 13 heteroatoms. The molecule has 0 N–H and O–H groups in total. The minimum Gasteiger partial charge on any atom is -0.236 e. The lowest BCUT2D eigenvalue weighted by molar-refractivity contribution is 0.587. The SMILES string of the molecule is C=C(C)c1cn(S(=O)(=O)c2ccc(C)cc2)c2ncc(Br)cc12.Cc1ccc(S(=O)(=O)n2cc(I)c3cc(Br)cnc32)cc1. The van der Waals surface area contributed by atoms with Crippen LogP contribution in [-0.4, -0.2) is 34.7 Å². The summed E-state index contributed by atoms with van der Waals surface area (Å²) in [6, 6.07) is 17.3. The molecule has 0 saturated heterocycles. The van der Waals surface area contributed by atoms with Crippen molar-refractivity contribution < 1.29 is 16.8 Å². The van der Waals surface area contributed by atoms with E-state index in [2.05, 4.69) is 71.0 Å². The highest BCUT2D eigenvalue weighted by Crippen LogP contribution is 2.31. The highest BCUT2D eigenvalue weighted by atomic mass is 127. The van der Waals surface area contributed by atoms with Gasteiger partial charge in [0.1, 0.15) is 0 Å². The predicted octanol–water partition coefficient (Wildman–Crippen LogP) is 8.33. The van der Waals surface area contributed by atoms with Crippen molar-refractivity contribution in [1.82, 2.24) is 17.9 Å². The molecule has 0 amide bonds. The lowest BCUT2D eigenvalue weighted by Crippen LogP contribution is -2.12. The van der Waals surface area contributed by atoms with Crippen LogP contribution in [0, 0.1) is 17.4 Å². The molecule has 0 unspecified atom stereocenters. The van der Waals surface area contributed by atoms with Crippen LogP contribution in [0.4, 0.5) is 0 Å². The zero-order chi connectivity index (χ0) is 32.0. The largest absolute Gasteiger partial charge is 0.269 e. The number of aryl methyl sites for hydroxylation is 2. The summed E-state index contributed by atoms with van der Waals surface area (Å²) in [6.45, 7) is 9.62. The van der Waals surface area contributed by atoms with Crippen LogP contribution in [-0.2, 0) is 20.0 Å². The van der Waals surface area contributed by atoms with Gasteiger partial charge in [-0.1, -0.05) is 42.0 Å². The molecule has 0 spiro atoms. The van der Waals surface area contributed by atoms with Crippen molar-refractivity contribution in [2.75, 3.05) is 0 Å². The van der Waals surface area contributed by atoms with Crippen LogP contribution in [0.15, 0.2) is 111 Å². The van der Waals surface area contributed by atoms with Gasteiger partial charge in [0.05, 0.1) is 9.79 Å². The highest BCUT2D eigenvalue weighted by molar-refractivity contribution is 14.1. The van der Waals surface area contributed by atoms with Crippen LogP contribution in [0.25, 0.3) is 27.6 Å². The summed E-state index contributed by atoms with van der Waals surface area (Å²) < 4.78 is 56.4. The molecule has 4 aromatic heterocycles. The third-order valence-electron chi connectivity index (χ3n) is 6.72. The number of rotatable bonds is 5. The lowest BCUT2D eigenvalue weighted by Gasteiger charge is -2.07. The molecule has 0 bridgehead atoms. The van der Waals surface area contributed by atoms with E-state index in [1.54, 1.807) is 73.3 Å². The van der Waals surface area contributed by atoms with Gasteiger partial charge in [0.25, 0.3) is 20.0 Å². The van der Waals surface area contributed by atoms with Crippen molar-refractivity contribution in [3.8, 4) is 0 Å². The summed E-state index contributed by atoms with van der Waals surface area (Å²) in [4.78, 5) is 9.02. The zero-order valence-electron chi connectivity index (χ0n) is 23.7. The first-order chi connectivity index (χ1) is 20.7. The van der Waals surface area contributed by atoms with Gasteiger partial charge in [0, 0.05) is 53.6 Å². The van der Waals surface area contributed by atoms with E-state index < -0.39 is 20.0 Å². The number of allylic oxidation sites excluding steroid dienone is 1. The monoisotopic (exact) mass is 866 g/mol. The fraction of sp³-hybridized carbons (Fsp3) is 0.0968. The Morgan fingerprint density at radius 1 is 0.727 bits per heavy atom. The van der Waals surface area contributed by atoms with Gasteiger partial charge >= 0.3 is 0 Å². The Morgan fingerprint density at radius 2 is 1.14 bits per heavy atom. The molecular weight excluding hydrogens is 843 g/mol. The number of aromatic nitrogens is 4. The summed E-state index contributed by atoms with van der Waals surface area (Å²) in [5, 5.41) is 1.56. The Labute approximate surface area is 286 Å².